The molecule has 19 heavy (non-hydrogen) atoms. The summed E-state index contributed by atoms with van der Waals surface area (Å²) in [5.41, 5.74) is 2.54. The molecule has 2 heteroatoms. The summed E-state index contributed by atoms with van der Waals surface area (Å²) in [5, 5.41) is 3.61. The molecule has 0 aliphatic carbocycles. The van der Waals surface area contributed by atoms with Crippen molar-refractivity contribution in [3.63, 3.8) is 0 Å². The first kappa shape index (κ1) is 13.5. The number of nitrogens with zero attached hydrogens (tertiary/aromatic N) is 1. The van der Waals surface area contributed by atoms with Gasteiger partial charge in [-0.25, -0.2) is 0 Å². The first-order valence-corrected chi connectivity index (χ1v) is 6.71. The maximum absolute atomic E-state index is 4.09. The van der Waals surface area contributed by atoms with Gasteiger partial charge in [0.25, 0.3) is 0 Å². The largest absolute Gasteiger partial charge is 0.306 e. The quantitative estimate of drug-likeness (QED) is 0.626. The number of nitrogens with one attached hydrogen (secondary N) is 1. The summed E-state index contributed by atoms with van der Waals surface area (Å²) in [4.78, 5) is 4.09. The van der Waals surface area contributed by atoms with Crippen molar-refractivity contribution >= 4 is 0 Å². The van der Waals surface area contributed by atoms with Crippen molar-refractivity contribution in [1.29, 1.82) is 0 Å². The van der Waals surface area contributed by atoms with Crippen molar-refractivity contribution in [2.45, 2.75) is 19.4 Å². The van der Waals surface area contributed by atoms with E-state index in [1.807, 2.05) is 18.5 Å². The van der Waals surface area contributed by atoms with Crippen LogP contribution in [0.15, 0.2) is 67.0 Å². The highest BCUT2D eigenvalue weighted by atomic mass is 14.9. The number of pyridine rings is 1. The molecule has 1 aromatic heterocycles. The molecular formula is C17H20N2. The van der Waals surface area contributed by atoms with Crippen LogP contribution in [0.4, 0.5) is 0 Å². The van der Waals surface area contributed by atoms with Gasteiger partial charge >= 0.3 is 0 Å². The number of hydrogen-bond acceptors (Lipinski definition) is 2. The van der Waals surface area contributed by atoms with Crippen LogP contribution >= 0.6 is 0 Å². The van der Waals surface area contributed by atoms with Gasteiger partial charge in [0.2, 0.25) is 0 Å². The van der Waals surface area contributed by atoms with E-state index in [2.05, 4.69) is 65.8 Å². The Balaban J connectivity index is 2.14. The summed E-state index contributed by atoms with van der Waals surface area (Å²) in [6.45, 7) is 3.02. The molecule has 0 aliphatic rings. The van der Waals surface area contributed by atoms with Crippen LogP contribution in [0.2, 0.25) is 0 Å². The number of benzene rings is 1. The maximum Gasteiger partial charge on any atom is 0.0577 e. The summed E-state index contributed by atoms with van der Waals surface area (Å²) in [7, 11) is 0. The lowest BCUT2D eigenvalue weighted by molar-refractivity contribution is 0.610. The highest BCUT2D eigenvalue weighted by Gasteiger charge is 2.12. The van der Waals surface area contributed by atoms with Crippen LogP contribution in [0, 0.1) is 0 Å². The van der Waals surface area contributed by atoms with Crippen LogP contribution < -0.4 is 5.32 Å². The molecule has 1 aromatic carbocycles. The molecular weight excluding hydrogens is 232 g/mol. The Morgan fingerprint density at radius 3 is 2.42 bits per heavy atom. The van der Waals surface area contributed by atoms with Crippen LogP contribution in [0.3, 0.4) is 0 Å². The molecule has 0 spiro atoms. The van der Waals surface area contributed by atoms with Gasteiger partial charge < -0.3 is 5.32 Å². The number of allylic oxidation sites excluding steroid dienone is 1. The Morgan fingerprint density at radius 1 is 1.05 bits per heavy atom. The van der Waals surface area contributed by atoms with Gasteiger partial charge in [0.1, 0.15) is 0 Å². The second-order valence-electron chi connectivity index (χ2n) is 4.44. The van der Waals surface area contributed by atoms with Gasteiger partial charge in [0.05, 0.1) is 6.04 Å². The Hall–Kier alpha value is -1.93. The summed E-state index contributed by atoms with van der Waals surface area (Å²) in [6.07, 6.45) is 9.01. The fourth-order valence-electron chi connectivity index (χ4n) is 2.11. The molecule has 2 rings (SSSR count). The third-order valence-electron chi connectivity index (χ3n) is 3.07. The van der Waals surface area contributed by atoms with Crippen LogP contribution in [0.25, 0.3) is 0 Å². The normalized spacial score (nSPS) is 12.7. The van der Waals surface area contributed by atoms with E-state index in [0.29, 0.717) is 0 Å². The van der Waals surface area contributed by atoms with Crippen molar-refractivity contribution in [3.8, 4) is 0 Å². The second-order valence-corrected chi connectivity index (χ2v) is 4.44. The molecule has 1 atom stereocenters. The first-order chi connectivity index (χ1) is 9.42. The van der Waals surface area contributed by atoms with Crippen LogP contribution in [0.1, 0.15) is 30.5 Å². The SMILES string of the molecule is C/C=C/CCNC(c1ccccc1)c1ccncc1. The van der Waals surface area contributed by atoms with Crippen LogP contribution in [-0.2, 0) is 0 Å². The van der Waals surface area contributed by atoms with Gasteiger partial charge in [0.15, 0.2) is 0 Å². The third kappa shape index (κ3) is 4.04. The van der Waals surface area contributed by atoms with Crippen molar-refractivity contribution < 1.29 is 0 Å². The van der Waals surface area contributed by atoms with E-state index in [4.69, 9.17) is 0 Å². The molecule has 2 aromatic rings. The van der Waals surface area contributed by atoms with E-state index >= 15 is 0 Å². The second kappa shape index (κ2) is 7.49. The standard InChI is InChI=1S/C17H20N2/c1-2-3-7-12-19-17(15-8-5-4-6-9-15)16-10-13-18-14-11-16/h2-6,8-11,13-14,17,19H,7,12H2,1H3/b3-2+. The van der Waals surface area contributed by atoms with Crippen LogP contribution in [0.5, 0.6) is 0 Å². The monoisotopic (exact) mass is 252 g/mol. The first-order valence-electron chi connectivity index (χ1n) is 6.71. The van der Waals surface area contributed by atoms with Gasteiger partial charge in [-0.2, -0.15) is 0 Å². The summed E-state index contributed by atoms with van der Waals surface area (Å²) in [5.74, 6) is 0. The molecule has 1 N–H and O–H groups in total. The molecule has 1 unspecified atom stereocenters. The summed E-state index contributed by atoms with van der Waals surface area (Å²) in [6, 6.07) is 14.9. The van der Waals surface area contributed by atoms with Gasteiger partial charge in [0, 0.05) is 12.4 Å². The number of hydrogen-bond donors (Lipinski definition) is 1. The number of aromatic nitrogens is 1. The molecule has 0 radical (unpaired) electrons. The van der Waals surface area contributed by atoms with Gasteiger partial charge in [-0.05, 0) is 43.1 Å². The van der Waals surface area contributed by atoms with E-state index in [1.54, 1.807) is 0 Å². The Bertz CT molecular complexity index is 452. The molecule has 2 nitrogen and oxygen atoms in total. The molecule has 1 heterocycles. The van der Waals surface area contributed by atoms with Crippen molar-refractivity contribution in [1.82, 2.24) is 10.3 Å². The molecule has 0 bridgehead atoms. The van der Waals surface area contributed by atoms with E-state index in [1.165, 1.54) is 11.1 Å². The van der Waals surface area contributed by atoms with Gasteiger partial charge in [-0.3, -0.25) is 4.98 Å². The highest BCUT2D eigenvalue weighted by molar-refractivity contribution is 5.30. The lowest BCUT2D eigenvalue weighted by Gasteiger charge is -2.19. The minimum Gasteiger partial charge on any atom is -0.306 e. The average molecular weight is 252 g/mol. The molecule has 0 aliphatic heterocycles. The predicted molar refractivity (Wildman–Crippen MR) is 80.0 cm³/mol. The van der Waals surface area contributed by atoms with E-state index in [9.17, 15) is 0 Å². The summed E-state index contributed by atoms with van der Waals surface area (Å²) < 4.78 is 0. The molecule has 0 saturated heterocycles. The van der Waals surface area contributed by atoms with Crippen molar-refractivity contribution in [2.24, 2.45) is 0 Å². The van der Waals surface area contributed by atoms with E-state index < -0.39 is 0 Å². The van der Waals surface area contributed by atoms with Gasteiger partial charge in [-0.15, -0.1) is 0 Å². The molecule has 98 valence electrons. The summed E-state index contributed by atoms with van der Waals surface area (Å²) >= 11 is 0. The topological polar surface area (TPSA) is 24.9 Å². The Kier molecular flexibility index (Phi) is 5.32. The minimum absolute atomic E-state index is 0.231. The third-order valence-corrected chi connectivity index (χ3v) is 3.07. The van der Waals surface area contributed by atoms with Gasteiger partial charge in [-0.1, -0.05) is 42.5 Å². The molecule has 0 amide bonds. The zero-order valence-corrected chi connectivity index (χ0v) is 11.3. The highest BCUT2D eigenvalue weighted by Crippen LogP contribution is 2.21. The lowest BCUT2D eigenvalue weighted by atomic mass is 9.99. The minimum atomic E-state index is 0.231. The van der Waals surface area contributed by atoms with E-state index in [0.717, 1.165) is 13.0 Å². The Labute approximate surface area is 115 Å². The Morgan fingerprint density at radius 2 is 1.74 bits per heavy atom. The molecule has 0 saturated carbocycles. The fraction of sp³-hybridized carbons (Fsp3) is 0.235. The number of rotatable bonds is 6. The smallest absolute Gasteiger partial charge is 0.0577 e. The van der Waals surface area contributed by atoms with Crippen molar-refractivity contribution in [2.75, 3.05) is 6.54 Å². The van der Waals surface area contributed by atoms with E-state index in [-0.39, 0.29) is 6.04 Å². The zero-order chi connectivity index (χ0) is 13.3. The maximum atomic E-state index is 4.09. The molecule has 0 fully saturated rings. The lowest BCUT2D eigenvalue weighted by Crippen LogP contribution is -2.23. The predicted octanol–water partition coefficient (Wildman–Crippen LogP) is 3.73. The zero-order valence-electron chi connectivity index (χ0n) is 11.3. The average Bonchev–Trinajstić information content (AvgIpc) is 2.49. The van der Waals surface area contributed by atoms with Crippen molar-refractivity contribution in [3.05, 3.63) is 78.1 Å². The fourth-order valence-corrected chi connectivity index (χ4v) is 2.11. The van der Waals surface area contributed by atoms with Crippen LogP contribution in [-0.4, -0.2) is 11.5 Å².